The zero-order chi connectivity index (χ0) is 29.8. The Morgan fingerprint density at radius 1 is 1.07 bits per heavy atom. The molecule has 2 amide bonds. The number of carbonyl (C=O) groups is 2. The van der Waals surface area contributed by atoms with Gasteiger partial charge in [-0.25, -0.2) is 18.0 Å². The number of hydrogen-bond donors (Lipinski definition) is 5. The fraction of sp³-hybridized carbons (Fsp3) is 0.500. The lowest BCUT2D eigenvalue weighted by molar-refractivity contribution is 0.0903. The van der Waals surface area contributed by atoms with E-state index in [1.165, 1.54) is 23.5 Å². The van der Waals surface area contributed by atoms with Crippen molar-refractivity contribution in [3.63, 3.8) is 0 Å². The van der Waals surface area contributed by atoms with Crippen LogP contribution < -0.4 is 16.0 Å². The van der Waals surface area contributed by atoms with Crippen LogP contribution in [0.5, 0.6) is 0 Å². The topological polar surface area (TPSA) is 157 Å². The number of rotatable bonds is 16. The summed E-state index contributed by atoms with van der Waals surface area (Å²) in [6.45, 7) is 4.10. The summed E-state index contributed by atoms with van der Waals surface area (Å²) in [6.07, 6.45) is -0.895. The molecule has 0 fully saturated rings. The van der Waals surface area contributed by atoms with Crippen molar-refractivity contribution in [2.75, 3.05) is 39.1 Å². The van der Waals surface area contributed by atoms with Gasteiger partial charge in [-0.1, -0.05) is 56.7 Å². The van der Waals surface area contributed by atoms with Gasteiger partial charge in [0.15, 0.2) is 0 Å². The summed E-state index contributed by atoms with van der Waals surface area (Å²) >= 11 is 0. The highest BCUT2D eigenvalue weighted by Gasteiger charge is 2.34. The van der Waals surface area contributed by atoms with Crippen molar-refractivity contribution in [2.24, 2.45) is 5.41 Å². The first-order valence-corrected chi connectivity index (χ1v) is 14.6. The number of aliphatic hydroxyl groups excluding tert-OH is 1. The van der Waals surface area contributed by atoms with Crippen LogP contribution in [0.4, 0.5) is 15.3 Å². The molecule has 0 aliphatic rings. The van der Waals surface area contributed by atoms with Crippen LogP contribution in [0.25, 0.3) is 0 Å². The van der Waals surface area contributed by atoms with E-state index in [1.807, 2.05) is 44.2 Å². The van der Waals surface area contributed by atoms with Crippen molar-refractivity contribution in [2.45, 2.75) is 56.6 Å². The van der Waals surface area contributed by atoms with E-state index in [2.05, 4.69) is 20.7 Å². The Morgan fingerprint density at radius 3 is 2.40 bits per heavy atom. The van der Waals surface area contributed by atoms with Gasteiger partial charge in [-0.15, -0.1) is 0 Å². The number of anilines is 1. The van der Waals surface area contributed by atoms with Crippen LogP contribution >= 0.6 is 0 Å². The highest BCUT2D eigenvalue weighted by atomic mass is 32.2. The molecule has 0 saturated heterocycles. The first-order chi connectivity index (χ1) is 18.9. The fourth-order valence-electron chi connectivity index (χ4n) is 4.40. The van der Waals surface area contributed by atoms with E-state index in [-0.39, 0.29) is 24.4 Å². The first kappa shape index (κ1) is 32.9. The number of carboxylic acid groups (broad SMARTS) is 1. The number of sulfonamides is 1. The molecular formula is C28H42N4O7S. The highest BCUT2D eigenvalue weighted by Crippen LogP contribution is 2.29. The van der Waals surface area contributed by atoms with E-state index in [9.17, 15) is 28.2 Å². The normalized spacial score (nSPS) is 13.3. The number of nitrogens with one attached hydrogen (secondary N) is 3. The van der Waals surface area contributed by atoms with Gasteiger partial charge in [0.25, 0.3) is 0 Å². The first-order valence-electron chi connectivity index (χ1n) is 13.2. The number of aliphatic hydroxyl groups is 1. The number of carbonyl (C=O) groups excluding carboxylic acids is 1. The average molecular weight is 579 g/mol. The Kier molecular flexibility index (Phi) is 12.7. The molecule has 0 saturated carbocycles. The molecule has 0 spiro atoms. The lowest BCUT2D eigenvalue weighted by atomic mass is 9.87. The van der Waals surface area contributed by atoms with Crippen LogP contribution in [0.1, 0.15) is 38.7 Å². The molecule has 2 atom stereocenters. The number of alkyl carbamates (subject to hydrolysis) is 1. The van der Waals surface area contributed by atoms with Crippen LogP contribution in [0.2, 0.25) is 0 Å². The summed E-state index contributed by atoms with van der Waals surface area (Å²) in [7, 11) is -1.07. The summed E-state index contributed by atoms with van der Waals surface area (Å²) < 4.78 is 33.6. The van der Waals surface area contributed by atoms with Crippen LogP contribution in [-0.2, 0) is 21.2 Å². The third-order valence-electron chi connectivity index (χ3n) is 6.56. The van der Waals surface area contributed by atoms with Gasteiger partial charge in [0.2, 0.25) is 10.0 Å². The Morgan fingerprint density at radius 2 is 1.77 bits per heavy atom. The van der Waals surface area contributed by atoms with Gasteiger partial charge in [0.1, 0.15) is 0 Å². The monoisotopic (exact) mass is 578 g/mol. The maximum absolute atomic E-state index is 13.9. The second-order valence-corrected chi connectivity index (χ2v) is 12.4. The van der Waals surface area contributed by atoms with Crippen LogP contribution in [-0.4, -0.2) is 81.1 Å². The van der Waals surface area contributed by atoms with E-state index in [1.54, 1.807) is 19.2 Å². The van der Waals surface area contributed by atoms with Gasteiger partial charge < -0.3 is 30.9 Å². The fourth-order valence-corrected chi connectivity index (χ4v) is 6.10. The summed E-state index contributed by atoms with van der Waals surface area (Å²) in [5.41, 5.74) is 0.930. The van der Waals surface area contributed by atoms with Gasteiger partial charge in [-0.3, -0.25) is 0 Å². The Hall–Kier alpha value is -3.35. The SMILES string of the molecule is CNc1cccc(S(=O)(=O)N(C[C@@H](O)[C@H](Cc2ccccc2)NC(=O)O)CC(C)(C)CCCCNC(=O)OC)c1. The van der Waals surface area contributed by atoms with Crippen molar-refractivity contribution >= 4 is 27.9 Å². The molecule has 0 bridgehead atoms. The molecule has 12 heteroatoms. The van der Waals surface area contributed by atoms with Gasteiger partial charge in [0, 0.05) is 32.4 Å². The average Bonchev–Trinajstić information content (AvgIpc) is 2.92. The molecule has 40 heavy (non-hydrogen) atoms. The van der Waals surface area contributed by atoms with Crippen LogP contribution in [0.15, 0.2) is 59.5 Å². The van der Waals surface area contributed by atoms with E-state index >= 15 is 0 Å². The molecule has 2 rings (SSSR count). The number of ether oxygens (including phenoxy) is 1. The lowest BCUT2D eigenvalue weighted by Gasteiger charge is -2.35. The molecule has 0 radical (unpaired) electrons. The number of methoxy groups -OCH3 is 1. The number of amides is 2. The Labute approximate surface area is 237 Å². The summed E-state index contributed by atoms with van der Waals surface area (Å²) in [4.78, 5) is 22.9. The van der Waals surface area contributed by atoms with Crippen molar-refractivity contribution in [1.82, 2.24) is 14.9 Å². The lowest BCUT2D eigenvalue weighted by Crippen LogP contribution is -2.51. The molecule has 11 nitrogen and oxygen atoms in total. The zero-order valence-electron chi connectivity index (χ0n) is 23.6. The van der Waals surface area contributed by atoms with Crippen LogP contribution in [0, 0.1) is 5.41 Å². The zero-order valence-corrected chi connectivity index (χ0v) is 24.4. The second kappa shape index (κ2) is 15.4. The van der Waals surface area contributed by atoms with Crippen molar-refractivity contribution in [3.05, 3.63) is 60.2 Å². The number of unbranched alkanes of at least 4 members (excludes halogenated alkanes) is 1. The predicted molar refractivity (Wildman–Crippen MR) is 154 cm³/mol. The predicted octanol–water partition coefficient (Wildman–Crippen LogP) is 3.51. The minimum atomic E-state index is -4.06. The highest BCUT2D eigenvalue weighted by molar-refractivity contribution is 7.89. The summed E-state index contributed by atoms with van der Waals surface area (Å²) in [5.74, 6) is 0. The van der Waals surface area contributed by atoms with Gasteiger partial charge in [-0.2, -0.15) is 4.31 Å². The van der Waals surface area contributed by atoms with E-state index in [4.69, 9.17) is 0 Å². The summed E-state index contributed by atoms with van der Waals surface area (Å²) in [5, 5.41) is 28.6. The number of benzene rings is 2. The summed E-state index contributed by atoms with van der Waals surface area (Å²) in [6, 6.07) is 14.6. The van der Waals surface area contributed by atoms with Crippen molar-refractivity contribution in [1.29, 1.82) is 0 Å². The minimum absolute atomic E-state index is 0.0652. The van der Waals surface area contributed by atoms with Gasteiger partial charge in [0.05, 0.1) is 24.2 Å². The molecule has 0 heterocycles. The molecule has 222 valence electrons. The van der Waals surface area contributed by atoms with Crippen LogP contribution in [0.3, 0.4) is 0 Å². The molecule has 0 aromatic heterocycles. The molecule has 0 aliphatic carbocycles. The van der Waals surface area contributed by atoms with Gasteiger partial charge >= 0.3 is 12.2 Å². The smallest absolute Gasteiger partial charge is 0.406 e. The second-order valence-electron chi connectivity index (χ2n) is 10.4. The maximum atomic E-state index is 13.9. The quantitative estimate of drug-likeness (QED) is 0.189. The largest absolute Gasteiger partial charge is 0.465 e. The molecule has 5 N–H and O–H groups in total. The third kappa shape index (κ3) is 10.7. The molecule has 0 aliphatic heterocycles. The number of hydrogen-bond acceptors (Lipinski definition) is 7. The van der Waals surface area contributed by atoms with E-state index < -0.39 is 39.8 Å². The molecule has 2 aromatic rings. The Balaban J connectivity index is 2.29. The van der Waals surface area contributed by atoms with Crippen molar-refractivity contribution < 1.29 is 33.0 Å². The van der Waals surface area contributed by atoms with Crippen molar-refractivity contribution in [3.8, 4) is 0 Å². The maximum Gasteiger partial charge on any atom is 0.406 e. The molecule has 0 unspecified atom stereocenters. The van der Waals surface area contributed by atoms with E-state index in [0.29, 0.717) is 25.1 Å². The minimum Gasteiger partial charge on any atom is -0.465 e. The van der Waals surface area contributed by atoms with E-state index in [0.717, 1.165) is 12.0 Å². The molecule has 2 aromatic carbocycles. The number of nitrogens with zero attached hydrogens (tertiary/aromatic N) is 1. The standard InChI is InChI=1S/C28H42N4O7S/c1-28(2,15-8-9-16-30-27(36)39-4)20-32(40(37,38)23-14-10-13-22(18-23)29-3)19-25(33)24(31-26(34)35)17-21-11-6-5-7-12-21/h5-7,10-14,18,24-25,29,31,33H,8-9,15-17,19-20H2,1-4H3,(H,30,36)(H,34,35)/t24-,25+/m0/s1. The Bertz CT molecular complexity index is 1190. The van der Waals surface area contributed by atoms with Gasteiger partial charge in [-0.05, 0) is 48.4 Å². The molecular weight excluding hydrogens is 536 g/mol. The third-order valence-corrected chi connectivity index (χ3v) is 8.37.